The molecule has 2 aliphatic heterocycles. The number of likely N-dealkylation sites (tertiary alicyclic amines) is 1. The van der Waals surface area contributed by atoms with Crippen LogP contribution in [-0.4, -0.2) is 50.2 Å². The lowest BCUT2D eigenvalue weighted by Crippen LogP contribution is -2.44. The lowest BCUT2D eigenvalue weighted by atomic mass is 9.96. The number of rotatable bonds is 3. The Morgan fingerprint density at radius 1 is 1.38 bits per heavy atom. The maximum Gasteiger partial charge on any atom is 0.251 e. The van der Waals surface area contributed by atoms with Gasteiger partial charge in [-0.05, 0) is 45.2 Å². The van der Waals surface area contributed by atoms with Crippen LogP contribution in [0.4, 0.5) is 0 Å². The molecule has 16 heavy (non-hydrogen) atoms. The number of ether oxygens (including phenoxy) is 1. The highest BCUT2D eigenvalue weighted by Crippen LogP contribution is 2.20. The minimum absolute atomic E-state index is 0.138. The van der Waals surface area contributed by atoms with Crippen LogP contribution in [0.1, 0.15) is 25.7 Å². The van der Waals surface area contributed by atoms with Crippen LogP contribution in [0.5, 0.6) is 0 Å². The molecule has 4 nitrogen and oxygen atoms in total. The smallest absolute Gasteiger partial charge is 0.251 e. The second-order valence-corrected chi connectivity index (χ2v) is 4.83. The topological polar surface area (TPSA) is 41.6 Å². The Morgan fingerprint density at radius 2 is 2.12 bits per heavy atom. The zero-order valence-electron chi connectivity index (χ0n) is 10.1. The molecule has 1 N–H and O–H groups in total. The summed E-state index contributed by atoms with van der Waals surface area (Å²) in [5, 5.41) is 3.21. The molecule has 92 valence electrons. The van der Waals surface area contributed by atoms with E-state index in [9.17, 15) is 4.79 Å². The SMILES string of the molecule is CNCC1CCN(C(=O)C2CCCO2)CC1. The van der Waals surface area contributed by atoms with Gasteiger partial charge < -0.3 is 15.0 Å². The van der Waals surface area contributed by atoms with Crippen molar-refractivity contribution >= 4 is 5.91 Å². The van der Waals surface area contributed by atoms with Crippen molar-refractivity contribution in [2.75, 3.05) is 33.3 Å². The molecule has 0 aliphatic carbocycles. The van der Waals surface area contributed by atoms with E-state index in [1.165, 1.54) is 0 Å². The summed E-state index contributed by atoms with van der Waals surface area (Å²) in [7, 11) is 1.99. The van der Waals surface area contributed by atoms with Crippen molar-refractivity contribution in [1.82, 2.24) is 10.2 Å². The number of hydrogen-bond donors (Lipinski definition) is 1. The fraction of sp³-hybridized carbons (Fsp3) is 0.917. The Hall–Kier alpha value is -0.610. The van der Waals surface area contributed by atoms with Crippen molar-refractivity contribution < 1.29 is 9.53 Å². The van der Waals surface area contributed by atoms with Gasteiger partial charge >= 0.3 is 0 Å². The number of amides is 1. The molecule has 0 bridgehead atoms. The van der Waals surface area contributed by atoms with Gasteiger partial charge in [-0.15, -0.1) is 0 Å². The Balaban J connectivity index is 1.77. The first-order valence-electron chi connectivity index (χ1n) is 6.36. The fourth-order valence-electron chi connectivity index (χ4n) is 2.62. The Kier molecular flexibility index (Phi) is 4.18. The van der Waals surface area contributed by atoms with Crippen molar-refractivity contribution in [3.63, 3.8) is 0 Å². The summed E-state index contributed by atoms with van der Waals surface area (Å²) in [6.45, 7) is 3.64. The Labute approximate surface area is 97.3 Å². The third-order valence-electron chi connectivity index (χ3n) is 3.62. The van der Waals surface area contributed by atoms with Gasteiger partial charge in [0.25, 0.3) is 5.91 Å². The third-order valence-corrected chi connectivity index (χ3v) is 3.62. The van der Waals surface area contributed by atoms with Gasteiger partial charge in [0.2, 0.25) is 0 Å². The van der Waals surface area contributed by atoms with Crippen LogP contribution >= 0.6 is 0 Å². The predicted octanol–water partition coefficient (Wildman–Crippen LogP) is 0.623. The highest BCUT2D eigenvalue weighted by Gasteiger charge is 2.30. The molecule has 2 fully saturated rings. The molecule has 2 heterocycles. The molecule has 1 amide bonds. The molecule has 2 aliphatic rings. The quantitative estimate of drug-likeness (QED) is 0.767. The van der Waals surface area contributed by atoms with Crippen LogP contribution in [0.15, 0.2) is 0 Å². The van der Waals surface area contributed by atoms with Gasteiger partial charge in [0.15, 0.2) is 0 Å². The molecule has 0 spiro atoms. The van der Waals surface area contributed by atoms with Crippen molar-refractivity contribution in [1.29, 1.82) is 0 Å². The van der Waals surface area contributed by atoms with Gasteiger partial charge in [-0.2, -0.15) is 0 Å². The van der Waals surface area contributed by atoms with Crippen molar-refractivity contribution in [2.45, 2.75) is 31.8 Å². The number of nitrogens with one attached hydrogen (secondary N) is 1. The van der Waals surface area contributed by atoms with Crippen LogP contribution < -0.4 is 5.32 Å². The van der Waals surface area contributed by atoms with Gasteiger partial charge in [-0.25, -0.2) is 0 Å². The first-order valence-corrected chi connectivity index (χ1v) is 6.36. The zero-order chi connectivity index (χ0) is 11.4. The third kappa shape index (κ3) is 2.74. The molecule has 1 atom stereocenters. The number of piperidine rings is 1. The van der Waals surface area contributed by atoms with Gasteiger partial charge in [-0.1, -0.05) is 0 Å². The van der Waals surface area contributed by atoms with Crippen molar-refractivity contribution in [3.8, 4) is 0 Å². The van der Waals surface area contributed by atoms with Gasteiger partial charge in [-0.3, -0.25) is 4.79 Å². The van der Waals surface area contributed by atoms with E-state index in [4.69, 9.17) is 4.74 Å². The van der Waals surface area contributed by atoms with E-state index in [0.29, 0.717) is 0 Å². The normalized spacial score (nSPS) is 27.3. The summed E-state index contributed by atoms with van der Waals surface area (Å²) in [6, 6.07) is 0. The minimum atomic E-state index is -0.138. The summed E-state index contributed by atoms with van der Waals surface area (Å²) < 4.78 is 5.44. The molecular weight excluding hydrogens is 204 g/mol. The number of nitrogens with zero attached hydrogens (tertiary/aromatic N) is 1. The van der Waals surface area contributed by atoms with Gasteiger partial charge in [0.1, 0.15) is 6.10 Å². The Bertz CT molecular complexity index is 231. The molecule has 0 radical (unpaired) electrons. The van der Waals surface area contributed by atoms with E-state index in [2.05, 4.69) is 5.32 Å². The zero-order valence-corrected chi connectivity index (χ0v) is 10.1. The van der Waals surface area contributed by atoms with Crippen LogP contribution in [0.25, 0.3) is 0 Å². The van der Waals surface area contributed by atoms with E-state index in [0.717, 1.165) is 57.8 Å². The summed E-state index contributed by atoms with van der Waals surface area (Å²) in [5.41, 5.74) is 0. The Morgan fingerprint density at radius 3 is 2.69 bits per heavy atom. The molecule has 1 unspecified atom stereocenters. The average Bonchev–Trinajstić information content (AvgIpc) is 2.83. The van der Waals surface area contributed by atoms with E-state index in [1.807, 2.05) is 11.9 Å². The predicted molar refractivity (Wildman–Crippen MR) is 62.2 cm³/mol. The summed E-state index contributed by atoms with van der Waals surface area (Å²) in [4.78, 5) is 14.0. The van der Waals surface area contributed by atoms with Crippen LogP contribution in [0.3, 0.4) is 0 Å². The van der Waals surface area contributed by atoms with Crippen LogP contribution in [0, 0.1) is 5.92 Å². The monoisotopic (exact) mass is 226 g/mol. The van der Waals surface area contributed by atoms with Crippen LogP contribution in [-0.2, 0) is 9.53 Å². The second-order valence-electron chi connectivity index (χ2n) is 4.83. The minimum Gasteiger partial charge on any atom is -0.368 e. The van der Waals surface area contributed by atoms with E-state index < -0.39 is 0 Å². The molecular formula is C12H22N2O2. The maximum atomic E-state index is 12.1. The highest BCUT2D eigenvalue weighted by atomic mass is 16.5. The van der Waals surface area contributed by atoms with E-state index >= 15 is 0 Å². The van der Waals surface area contributed by atoms with E-state index in [-0.39, 0.29) is 12.0 Å². The lowest BCUT2D eigenvalue weighted by molar-refractivity contribution is -0.142. The highest BCUT2D eigenvalue weighted by molar-refractivity contribution is 5.81. The molecule has 2 saturated heterocycles. The standard InChI is InChI=1S/C12H22N2O2/c1-13-9-10-4-6-14(7-5-10)12(15)11-3-2-8-16-11/h10-11,13H,2-9H2,1H3. The van der Waals surface area contributed by atoms with Crippen molar-refractivity contribution in [3.05, 3.63) is 0 Å². The van der Waals surface area contributed by atoms with E-state index in [1.54, 1.807) is 0 Å². The maximum absolute atomic E-state index is 12.1. The number of hydrogen-bond acceptors (Lipinski definition) is 3. The number of carbonyl (C=O) groups excluding carboxylic acids is 1. The lowest BCUT2D eigenvalue weighted by Gasteiger charge is -2.33. The number of carbonyl (C=O) groups is 1. The molecule has 2 rings (SSSR count). The molecule has 0 aromatic carbocycles. The summed E-state index contributed by atoms with van der Waals surface area (Å²) in [5.74, 6) is 0.957. The van der Waals surface area contributed by atoms with Crippen LogP contribution in [0.2, 0.25) is 0 Å². The van der Waals surface area contributed by atoms with Gasteiger partial charge in [0.05, 0.1) is 0 Å². The largest absolute Gasteiger partial charge is 0.368 e. The molecule has 0 aromatic rings. The summed E-state index contributed by atoms with van der Waals surface area (Å²) in [6.07, 6.45) is 4.06. The molecule has 0 aromatic heterocycles. The van der Waals surface area contributed by atoms with Crippen molar-refractivity contribution in [2.24, 2.45) is 5.92 Å². The first-order chi connectivity index (χ1) is 7.81. The first kappa shape index (κ1) is 11.9. The molecule has 0 saturated carbocycles. The summed E-state index contributed by atoms with van der Waals surface area (Å²) >= 11 is 0. The second kappa shape index (κ2) is 5.64. The van der Waals surface area contributed by atoms with Gasteiger partial charge in [0, 0.05) is 19.7 Å². The average molecular weight is 226 g/mol. The molecule has 4 heteroatoms. The fourth-order valence-corrected chi connectivity index (χ4v) is 2.62.